The minimum absolute atomic E-state index is 0.0000479. The maximum Gasteiger partial charge on any atom is 0.387 e. The molecule has 0 radical (unpaired) electrons. The lowest BCUT2D eigenvalue weighted by atomic mass is 10.0. The van der Waals surface area contributed by atoms with Crippen molar-refractivity contribution in [2.24, 2.45) is 0 Å². The molecule has 4 nitrogen and oxygen atoms in total. The lowest BCUT2D eigenvalue weighted by Crippen LogP contribution is -2.02. The number of ether oxygens (including phenoxy) is 2. The van der Waals surface area contributed by atoms with Crippen LogP contribution in [0.1, 0.15) is 47.2 Å². The zero-order chi connectivity index (χ0) is 21.5. The zero-order valence-corrected chi connectivity index (χ0v) is 16.7. The second-order valence-electron chi connectivity index (χ2n) is 6.92. The minimum atomic E-state index is -2.90. The van der Waals surface area contributed by atoms with Crippen LogP contribution in [-0.4, -0.2) is 12.4 Å². The van der Waals surface area contributed by atoms with Gasteiger partial charge in [0.25, 0.3) is 0 Å². The molecule has 0 aliphatic carbocycles. The van der Waals surface area contributed by atoms with E-state index >= 15 is 0 Å². The molecule has 30 heavy (non-hydrogen) atoms. The highest BCUT2D eigenvalue weighted by molar-refractivity contribution is 6.06. The number of halogens is 2. The van der Waals surface area contributed by atoms with Gasteiger partial charge in [-0.05, 0) is 72.2 Å². The van der Waals surface area contributed by atoms with Gasteiger partial charge in [0.2, 0.25) is 0 Å². The number of benzene rings is 2. The molecule has 6 heteroatoms. The number of allylic oxidation sites excluding steroid dienone is 1. The van der Waals surface area contributed by atoms with Crippen molar-refractivity contribution in [2.45, 2.75) is 33.0 Å². The number of furan rings is 1. The van der Waals surface area contributed by atoms with Crippen LogP contribution in [0.3, 0.4) is 0 Å². The first-order chi connectivity index (χ1) is 14.4. The van der Waals surface area contributed by atoms with Gasteiger partial charge in [-0.1, -0.05) is 26.0 Å². The van der Waals surface area contributed by atoms with Gasteiger partial charge in [0.05, 0.1) is 0 Å². The topological polar surface area (TPSA) is 48.7 Å². The Morgan fingerprint density at radius 3 is 2.27 bits per heavy atom. The van der Waals surface area contributed by atoms with Crippen molar-refractivity contribution < 1.29 is 27.5 Å². The van der Waals surface area contributed by atoms with Crippen molar-refractivity contribution in [2.75, 3.05) is 0 Å². The second kappa shape index (κ2) is 9.87. The van der Waals surface area contributed by atoms with Crippen LogP contribution >= 0.6 is 0 Å². The van der Waals surface area contributed by atoms with E-state index in [1.165, 1.54) is 35.9 Å². The minimum Gasteiger partial charge on any atom is -0.486 e. The third-order valence-corrected chi connectivity index (χ3v) is 4.37. The third kappa shape index (κ3) is 6.04. The highest BCUT2D eigenvalue weighted by Crippen LogP contribution is 2.20. The largest absolute Gasteiger partial charge is 0.486 e. The predicted molar refractivity (Wildman–Crippen MR) is 110 cm³/mol. The monoisotopic (exact) mass is 412 g/mol. The van der Waals surface area contributed by atoms with Crippen molar-refractivity contribution in [1.29, 1.82) is 0 Å². The lowest BCUT2D eigenvalue weighted by molar-refractivity contribution is -0.0498. The summed E-state index contributed by atoms with van der Waals surface area (Å²) in [4.78, 5) is 12.2. The summed E-state index contributed by atoms with van der Waals surface area (Å²) < 4.78 is 40.0. The molecular formula is C24H22F2O4. The molecule has 0 spiro atoms. The summed E-state index contributed by atoms with van der Waals surface area (Å²) in [6.07, 6.45) is 2.91. The molecule has 1 heterocycles. The highest BCUT2D eigenvalue weighted by Gasteiger charge is 2.07. The van der Waals surface area contributed by atoms with Crippen molar-refractivity contribution >= 4 is 11.9 Å². The van der Waals surface area contributed by atoms with Gasteiger partial charge in [0.1, 0.15) is 29.6 Å². The predicted octanol–water partition coefficient (Wildman–Crippen LogP) is 6.48. The van der Waals surface area contributed by atoms with Gasteiger partial charge in [0.15, 0.2) is 5.78 Å². The molecule has 0 atom stereocenters. The van der Waals surface area contributed by atoms with Gasteiger partial charge in [-0.2, -0.15) is 8.78 Å². The van der Waals surface area contributed by atoms with Crippen LogP contribution in [0.25, 0.3) is 6.08 Å². The quantitative estimate of drug-likeness (QED) is 0.298. The number of ketones is 1. The molecule has 0 aliphatic rings. The summed E-state index contributed by atoms with van der Waals surface area (Å²) in [7, 11) is 0. The Hall–Kier alpha value is -3.41. The molecule has 0 amide bonds. The van der Waals surface area contributed by atoms with E-state index in [2.05, 4.69) is 18.6 Å². The Morgan fingerprint density at radius 1 is 0.967 bits per heavy atom. The van der Waals surface area contributed by atoms with E-state index in [1.54, 1.807) is 18.2 Å². The smallest absolute Gasteiger partial charge is 0.387 e. The molecular weight excluding hydrogens is 390 g/mol. The van der Waals surface area contributed by atoms with E-state index < -0.39 is 6.61 Å². The summed E-state index contributed by atoms with van der Waals surface area (Å²) in [6.45, 7) is 1.64. The molecule has 3 aromatic rings. The standard InChI is InChI=1S/C24H22F2O4/c1-16(2)17-3-7-19(8-4-17)28-15-22-12-11-20(29-22)13-14-23(27)18-5-9-21(10-6-18)30-24(25)26/h3-14,16,24H,15H2,1-2H3/b14-13+. The zero-order valence-electron chi connectivity index (χ0n) is 16.7. The number of carbonyl (C=O) groups is 1. The Bertz CT molecular complexity index is 987. The number of alkyl halides is 2. The molecule has 0 unspecified atom stereocenters. The van der Waals surface area contributed by atoms with Crippen LogP contribution in [0, 0.1) is 0 Å². The molecule has 0 bridgehead atoms. The summed E-state index contributed by atoms with van der Waals surface area (Å²) in [5.41, 5.74) is 1.60. The number of hydrogen-bond donors (Lipinski definition) is 0. The molecule has 3 rings (SSSR count). The average Bonchev–Trinajstić information content (AvgIpc) is 3.19. The van der Waals surface area contributed by atoms with E-state index in [9.17, 15) is 13.6 Å². The first-order valence-corrected chi connectivity index (χ1v) is 9.49. The summed E-state index contributed by atoms with van der Waals surface area (Å²) in [5.74, 6) is 2.07. The highest BCUT2D eigenvalue weighted by atomic mass is 19.3. The van der Waals surface area contributed by atoms with Crippen LogP contribution in [0.2, 0.25) is 0 Å². The molecule has 0 saturated heterocycles. The fraction of sp³-hybridized carbons (Fsp3) is 0.208. The van der Waals surface area contributed by atoms with Crippen LogP contribution in [0.5, 0.6) is 11.5 Å². The molecule has 1 aromatic heterocycles. The fourth-order valence-electron chi connectivity index (χ4n) is 2.72. The van der Waals surface area contributed by atoms with Gasteiger partial charge in [-0.3, -0.25) is 4.79 Å². The molecule has 0 saturated carbocycles. The summed E-state index contributed by atoms with van der Waals surface area (Å²) in [5, 5.41) is 0. The van der Waals surface area contributed by atoms with Crippen LogP contribution < -0.4 is 9.47 Å². The van der Waals surface area contributed by atoms with Gasteiger partial charge >= 0.3 is 6.61 Å². The van der Waals surface area contributed by atoms with Gasteiger partial charge in [-0.25, -0.2) is 0 Å². The van der Waals surface area contributed by atoms with Gasteiger partial charge in [0, 0.05) is 5.56 Å². The van der Waals surface area contributed by atoms with Crippen molar-refractivity contribution in [3.63, 3.8) is 0 Å². The maximum absolute atomic E-state index is 12.2. The first-order valence-electron chi connectivity index (χ1n) is 9.49. The third-order valence-electron chi connectivity index (χ3n) is 4.37. The molecule has 0 N–H and O–H groups in total. The molecule has 156 valence electrons. The Morgan fingerprint density at radius 2 is 1.63 bits per heavy atom. The van der Waals surface area contributed by atoms with Crippen LogP contribution in [-0.2, 0) is 6.61 Å². The summed E-state index contributed by atoms with van der Waals surface area (Å²) >= 11 is 0. The lowest BCUT2D eigenvalue weighted by Gasteiger charge is -2.07. The SMILES string of the molecule is CC(C)c1ccc(OCc2ccc(/C=C/C(=O)c3ccc(OC(F)F)cc3)o2)cc1. The van der Waals surface area contributed by atoms with Crippen LogP contribution in [0.4, 0.5) is 8.78 Å². The molecule has 2 aromatic carbocycles. The number of hydrogen-bond acceptors (Lipinski definition) is 4. The van der Waals surface area contributed by atoms with E-state index in [4.69, 9.17) is 9.15 Å². The number of rotatable bonds is 9. The van der Waals surface area contributed by atoms with E-state index in [0.29, 0.717) is 23.0 Å². The Balaban J connectivity index is 1.54. The van der Waals surface area contributed by atoms with Crippen molar-refractivity contribution in [1.82, 2.24) is 0 Å². The summed E-state index contributed by atoms with van der Waals surface area (Å²) in [6, 6.07) is 16.9. The average molecular weight is 412 g/mol. The Labute approximate surface area is 173 Å². The van der Waals surface area contributed by atoms with E-state index in [0.717, 1.165) is 5.75 Å². The maximum atomic E-state index is 12.2. The van der Waals surface area contributed by atoms with Crippen LogP contribution in [0.15, 0.2) is 71.2 Å². The number of carbonyl (C=O) groups excluding carboxylic acids is 1. The molecule has 0 fully saturated rings. The normalized spacial score (nSPS) is 11.4. The van der Waals surface area contributed by atoms with Gasteiger partial charge in [-0.15, -0.1) is 0 Å². The Kier molecular flexibility index (Phi) is 7.01. The van der Waals surface area contributed by atoms with Crippen molar-refractivity contribution in [3.05, 3.63) is 89.4 Å². The fourth-order valence-corrected chi connectivity index (χ4v) is 2.72. The first kappa shape index (κ1) is 21.3. The van der Waals surface area contributed by atoms with E-state index in [1.807, 2.05) is 24.3 Å². The second-order valence-corrected chi connectivity index (χ2v) is 6.92. The van der Waals surface area contributed by atoms with Crippen molar-refractivity contribution in [3.8, 4) is 11.5 Å². The molecule has 0 aliphatic heterocycles. The van der Waals surface area contributed by atoms with E-state index in [-0.39, 0.29) is 18.1 Å². The van der Waals surface area contributed by atoms with Gasteiger partial charge < -0.3 is 13.9 Å².